The van der Waals surface area contributed by atoms with Gasteiger partial charge in [0.1, 0.15) is 12.4 Å². The van der Waals surface area contributed by atoms with E-state index in [9.17, 15) is 4.39 Å². The summed E-state index contributed by atoms with van der Waals surface area (Å²) in [7, 11) is 0. The van der Waals surface area contributed by atoms with Gasteiger partial charge in [-0.3, -0.25) is 0 Å². The summed E-state index contributed by atoms with van der Waals surface area (Å²) in [4.78, 5) is 0. The molecule has 0 unspecified atom stereocenters. The summed E-state index contributed by atoms with van der Waals surface area (Å²) in [6, 6.07) is 4.95. The van der Waals surface area contributed by atoms with Gasteiger partial charge in [-0.15, -0.1) is 0 Å². The van der Waals surface area contributed by atoms with Crippen LogP contribution >= 0.6 is 11.8 Å². The Bertz CT molecular complexity index is 438. The lowest BCUT2D eigenvalue weighted by molar-refractivity contribution is 0.350. The van der Waals surface area contributed by atoms with E-state index in [4.69, 9.17) is 5.11 Å². The van der Waals surface area contributed by atoms with E-state index in [0.29, 0.717) is 5.56 Å². The molecule has 0 fully saturated rings. The minimum Gasteiger partial charge on any atom is -0.384 e. The van der Waals surface area contributed by atoms with Crippen molar-refractivity contribution in [2.45, 2.75) is 31.3 Å². The summed E-state index contributed by atoms with van der Waals surface area (Å²) < 4.78 is 13.6. The summed E-state index contributed by atoms with van der Waals surface area (Å²) in [6.07, 6.45) is 0. The van der Waals surface area contributed by atoms with E-state index in [1.165, 1.54) is 6.07 Å². The van der Waals surface area contributed by atoms with E-state index in [1.54, 1.807) is 23.9 Å². The number of aliphatic hydroxyl groups excluding tert-OH is 1. The van der Waals surface area contributed by atoms with Gasteiger partial charge < -0.3 is 5.11 Å². The van der Waals surface area contributed by atoms with Crippen LogP contribution in [-0.4, -0.2) is 16.5 Å². The van der Waals surface area contributed by atoms with Crippen molar-refractivity contribution >= 4 is 11.8 Å². The molecule has 0 aliphatic carbocycles. The highest BCUT2D eigenvalue weighted by molar-refractivity contribution is 7.99. The minimum atomic E-state index is -0.338. The maximum Gasteiger partial charge on any atom is 0.138 e. The number of benzene rings is 1. The molecule has 0 bridgehead atoms. The summed E-state index contributed by atoms with van der Waals surface area (Å²) >= 11 is 1.81. The van der Waals surface area contributed by atoms with Gasteiger partial charge in [-0.25, -0.2) is 4.39 Å². The van der Waals surface area contributed by atoms with Gasteiger partial charge in [0, 0.05) is 10.5 Å². The standard InChI is InChI=1S/C14H17FOS/c1-14(2,3)17-10-11-6-7-13(15)12(9-11)5-4-8-16/h6-7,9,16H,8,10H2,1-3H3. The Morgan fingerprint density at radius 2 is 2.06 bits per heavy atom. The molecule has 1 rings (SSSR count). The molecule has 0 atom stereocenters. The number of hydrogen-bond acceptors (Lipinski definition) is 2. The van der Waals surface area contributed by atoms with Gasteiger partial charge in [-0.2, -0.15) is 11.8 Å². The molecule has 17 heavy (non-hydrogen) atoms. The van der Waals surface area contributed by atoms with Crippen LogP contribution in [0.5, 0.6) is 0 Å². The predicted molar refractivity (Wildman–Crippen MR) is 71.4 cm³/mol. The molecule has 0 saturated carbocycles. The van der Waals surface area contributed by atoms with Crippen LogP contribution in [0.25, 0.3) is 0 Å². The van der Waals surface area contributed by atoms with Gasteiger partial charge >= 0.3 is 0 Å². The first kappa shape index (κ1) is 14.1. The molecule has 0 saturated heterocycles. The van der Waals surface area contributed by atoms with Gasteiger partial charge in [0.2, 0.25) is 0 Å². The third-order valence-electron chi connectivity index (χ3n) is 2.00. The minimum absolute atomic E-state index is 0.186. The van der Waals surface area contributed by atoms with Crippen molar-refractivity contribution < 1.29 is 9.50 Å². The van der Waals surface area contributed by atoms with Gasteiger partial charge in [0.25, 0.3) is 0 Å². The van der Waals surface area contributed by atoms with Crippen LogP contribution in [0.1, 0.15) is 31.9 Å². The normalized spacial score (nSPS) is 10.9. The lowest BCUT2D eigenvalue weighted by atomic mass is 10.1. The Balaban J connectivity index is 2.82. The third kappa shape index (κ3) is 5.25. The zero-order valence-electron chi connectivity index (χ0n) is 10.4. The topological polar surface area (TPSA) is 20.2 Å². The quantitative estimate of drug-likeness (QED) is 0.816. The van der Waals surface area contributed by atoms with Crippen molar-refractivity contribution in [1.82, 2.24) is 0 Å². The molecule has 1 aromatic carbocycles. The largest absolute Gasteiger partial charge is 0.384 e. The monoisotopic (exact) mass is 252 g/mol. The molecule has 1 aromatic rings. The van der Waals surface area contributed by atoms with E-state index in [1.807, 2.05) is 0 Å². The molecule has 1 nitrogen and oxygen atoms in total. The summed E-state index contributed by atoms with van der Waals surface area (Å²) in [5.41, 5.74) is 1.40. The third-order valence-corrected chi connectivity index (χ3v) is 3.35. The summed E-state index contributed by atoms with van der Waals surface area (Å²) in [6.45, 7) is 6.19. The summed E-state index contributed by atoms with van der Waals surface area (Å²) in [5.74, 6) is 5.57. The van der Waals surface area contributed by atoms with Crippen molar-refractivity contribution in [3.8, 4) is 11.8 Å². The molecule has 92 valence electrons. The molecular formula is C14H17FOS. The number of aliphatic hydroxyl groups is 1. The summed E-state index contributed by atoms with van der Waals surface area (Å²) in [5, 5.41) is 8.60. The molecule has 0 aromatic heterocycles. The first-order valence-electron chi connectivity index (χ1n) is 5.44. The second-order valence-electron chi connectivity index (χ2n) is 4.68. The fourth-order valence-electron chi connectivity index (χ4n) is 1.19. The second kappa shape index (κ2) is 6.09. The first-order valence-corrected chi connectivity index (χ1v) is 6.43. The average molecular weight is 252 g/mol. The Morgan fingerprint density at radius 3 is 2.65 bits per heavy atom. The van der Waals surface area contributed by atoms with Crippen LogP contribution < -0.4 is 0 Å². The molecule has 0 aliphatic heterocycles. The van der Waals surface area contributed by atoms with Crippen molar-refractivity contribution in [3.63, 3.8) is 0 Å². The van der Waals surface area contributed by atoms with Crippen LogP contribution in [0, 0.1) is 17.7 Å². The van der Waals surface area contributed by atoms with E-state index in [0.717, 1.165) is 11.3 Å². The molecule has 0 aliphatic rings. The van der Waals surface area contributed by atoms with Crippen molar-refractivity contribution in [2.24, 2.45) is 0 Å². The Hall–Kier alpha value is -0.980. The number of thioether (sulfide) groups is 1. The number of rotatable bonds is 2. The first-order chi connectivity index (χ1) is 7.92. The molecule has 0 spiro atoms. The molecule has 0 amide bonds. The highest BCUT2D eigenvalue weighted by atomic mass is 32.2. The predicted octanol–water partition coefficient (Wildman–Crippen LogP) is 3.20. The maximum absolute atomic E-state index is 13.4. The Kier molecular flexibility index (Phi) is 5.04. The highest BCUT2D eigenvalue weighted by Crippen LogP contribution is 2.27. The fraction of sp³-hybridized carbons (Fsp3) is 0.429. The van der Waals surface area contributed by atoms with E-state index >= 15 is 0 Å². The van der Waals surface area contributed by atoms with E-state index < -0.39 is 0 Å². The lowest BCUT2D eigenvalue weighted by Gasteiger charge is -2.17. The zero-order valence-corrected chi connectivity index (χ0v) is 11.2. The Labute approximate surface area is 106 Å². The van der Waals surface area contributed by atoms with Crippen LogP contribution in [0.4, 0.5) is 4.39 Å². The molecule has 1 N–H and O–H groups in total. The van der Waals surface area contributed by atoms with Crippen molar-refractivity contribution in [1.29, 1.82) is 0 Å². The van der Waals surface area contributed by atoms with Gasteiger partial charge in [0.15, 0.2) is 0 Å². The number of hydrogen-bond donors (Lipinski definition) is 1. The van der Waals surface area contributed by atoms with Crippen LogP contribution in [0.3, 0.4) is 0 Å². The lowest BCUT2D eigenvalue weighted by Crippen LogP contribution is -2.07. The molecule has 0 radical (unpaired) electrons. The second-order valence-corrected chi connectivity index (χ2v) is 6.48. The molecule has 0 heterocycles. The Morgan fingerprint density at radius 1 is 1.35 bits per heavy atom. The van der Waals surface area contributed by atoms with Crippen molar-refractivity contribution in [3.05, 3.63) is 35.1 Å². The van der Waals surface area contributed by atoms with Crippen LogP contribution in [0.2, 0.25) is 0 Å². The van der Waals surface area contributed by atoms with Crippen molar-refractivity contribution in [2.75, 3.05) is 6.61 Å². The maximum atomic E-state index is 13.4. The van der Waals surface area contributed by atoms with E-state index in [2.05, 4.69) is 32.6 Å². The van der Waals surface area contributed by atoms with Crippen LogP contribution in [0.15, 0.2) is 18.2 Å². The average Bonchev–Trinajstić information content (AvgIpc) is 2.25. The molecule has 3 heteroatoms. The van der Waals surface area contributed by atoms with Gasteiger partial charge in [-0.05, 0) is 17.7 Å². The SMILES string of the molecule is CC(C)(C)SCc1ccc(F)c(C#CCO)c1. The smallest absolute Gasteiger partial charge is 0.138 e. The fourth-order valence-corrected chi connectivity index (χ4v) is 1.97. The van der Waals surface area contributed by atoms with Gasteiger partial charge in [0.05, 0.1) is 5.56 Å². The van der Waals surface area contributed by atoms with Crippen LogP contribution in [-0.2, 0) is 5.75 Å². The zero-order chi connectivity index (χ0) is 12.9. The number of halogens is 1. The van der Waals surface area contributed by atoms with Gasteiger partial charge in [-0.1, -0.05) is 38.7 Å². The van der Waals surface area contributed by atoms with E-state index in [-0.39, 0.29) is 17.2 Å². The molecular weight excluding hydrogens is 235 g/mol. The highest BCUT2D eigenvalue weighted by Gasteiger charge is 2.11.